The molecule has 0 bridgehead atoms. The third kappa shape index (κ3) is 2.81. The van der Waals surface area contributed by atoms with Gasteiger partial charge in [-0.1, -0.05) is 11.6 Å². The molecule has 0 aliphatic heterocycles. The molecule has 0 aliphatic rings. The first-order chi connectivity index (χ1) is 8.70. The summed E-state index contributed by atoms with van der Waals surface area (Å²) in [4.78, 5) is 11.7. The van der Waals surface area contributed by atoms with E-state index < -0.39 is 0 Å². The zero-order valence-corrected chi connectivity index (χ0v) is 10.5. The maximum atomic E-state index is 11.7. The predicted octanol–water partition coefficient (Wildman–Crippen LogP) is 3.84. The summed E-state index contributed by atoms with van der Waals surface area (Å²) in [5.41, 5.74) is 0.741. The number of ether oxygens (including phenoxy) is 1. The van der Waals surface area contributed by atoms with E-state index in [2.05, 4.69) is 0 Å². The summed E-state index contributed by atoms with van der Waals surface area (Å²) in [6, 6.07) is 8.49. The topological polar surface area (TPSA) is 39.4 Å². The van der Waals surface area contributed by atoms with Crippen LogP contribution >= 0.6 is 11.6 Å². The maximum absolute atomic E-state index is 11.7. The van der Waals surface area contributed by atoms with Crippen LogP contribution in [0.4, 0.5) is 0 Å². The molecule has 0 aliphatic carbocycles. The van der Waals surface area contributed by atoms with Crippen molar-refractivity contribution in [2.24, 2.45) is 0 Å². The first-order valence-electron chi connectivity index (χ1n) is 5.30. The number of hydrogen-bond acceptors (Lipinski definition) is 3. The summed E-state index contributed by atoms with van der Waals surface area (Å²) in [7, 11) is 1.56. The van der Waals surface area contributed by atoms with Gasteiger partial charge in [0.15, 0.2) is 5.76 Å². The van der Waals surface area contributed by atoms with Crippen LogP contribution in [0.3, 0.4) is 0 Å². The molecule has 2 aromatic rings. The fourth-order valence-corrected chi connectivity index (χ4v) is 1.68. The molecule has 4 heteroatoms. The lowest BCUT2D eigenvalue weighted by Gasteiger charge is -2.04. The molecular weight excluding hydrogens is 252 g/mol. The number of halogens is 1. The average molecular weight is 263 g/mol. The molecule has 1 aromatic heterocycles. The van der Waals surface area contributed by atoms with Crippen LogP contribution in [0.15, 0.2) is 47.1 Å². The standard InChI is InChI=1S/C14H11ClO3/c1-17-13-7-5-11(15)9-10(13)4-6-12(16)14-3-2-8-18-14/h2-9H,1H3/b6-4+. The van der Waals surface area contributed by atoms with Crippen LogP contribution in [0.2, 0.25) is 5.02 Å². The lowest BCUT2D eigenvalue weighted by molar-refractivity contribution is 0.102. The van der Waals surface area contributed by atoms with Crippen LogP contribution in [0, 0.1) is 0 Å². The van der Waals surface area contributed by atoms with Crippen molar-refractivity contribution < 1.29 is 13.9 Å². The van der Waals surface area contributed by atoms with E-state index in [9.17, 15) is 4.79 Å². The molecule has 2 rings (SSSR count). The second-order valence-electron chi connectivity index (χ2n) is 3.56. The van der Waals surface area contributed by atoms with E-state index in [1.54, 1.807) is 43.5 Å². The Bertz CT molecular complexity index is 571. The van der Waals surface area contributed by atoms with Crippen molar-refractivity contribution in [1.29, 1.82) is 0 Å². The number of carbonyl (C=O) groups excluding carboxylic acids is 1. The van der Waals surface area contributed by atoms with Crippen molar-refractivity contribution in [2.75, 3.05) is 7.11 Å². The fraction of sp³-hybridized carbons (Fsp3) is 0.0714. The SMILES string of the molecule is COc1ccc(Cl)cc1/C=C/C(=O)c1ccco1. The third-order valence-electron chi connectivity index (χ3n) is 2.37. The normalized spacial score (nSPS) is 10.8. The second kappa shape index (κ2) is 5.56. The van der Waals surface area contributed by atoms with Gasteiger partial charge in [0, 0.05) is 10.6 Å². The van der Waals surface area contributed by atoms with Crippen molar-refractivity contribution in [3.8, 4) is 5.75 Å². The average Bonchev–Trinajstić information content (AvgIpc) is 2.90. The van der Waals surface area contributed by atoms with Crippen molar-refractivity contribution in [2.45, 2.75) is 0 Å². The highest BCUT2D eigenvalue weighted by Gasteiger charge is 2.05. The molecular formula is C14H11ClO3. The number of furan rings is 1. The Morgan fingerprint density at radius 3 is 2.89 bits per heavy atom. The van der Waals surface area contributed by atoms with Crippen LogP contribution in [-0.2, 0) is 0 Å². The minimum Gasteiger partial charge on any atom is -0.496 e. The number of allylic oxidation sites excluding steroid dienone is 1. The Hall–Kier alpha value is -2.00. The van der Waals surface area contributed by atoms with Gasteiger partial charge >= 0.3 is 0 Å². The predicted molar refractivity (Wildman–Crippen MR) is 70.1 cm³/mol. The van der Waals surface area contributed by atoms with Gasteiger partial charge in [0.05, 0.1) is 13.4 Å². The number of carbonyl (C=O) groups is 1. The summed E-state index contributed by atoms with van der Waals surface area (Å²) >= 11 is 5.90. The van der Waals surface area contributed by atoms with E-state index in [0.717, 1.165) is 5.56 Å². The van der Waals surface area contributed by atoms with Crippen LogP contribution in [0.1, 0.15) is 16.1 Å². The molecule has 92 valence electrons. The van der Waals surface area contributed by atoms with Crippen LogP contribution in [0.25, 0.3) is 6.08 Å². The number of methoxy groups -OCH3 is 1. The van der Waals surface area contributed by atoms with Gasteiger partial charge in [0.2, 0.25) is 5.78 Å². The van der Waals surface area contributed by atoms with Gasteiger partial charge in [0.1, 0.15) is 5.75 Å². The highest BCUT2D eigenvalue weighted by molar-refractivity contribution is 6.30. The Balaban J connectivity index is 2.23. The molecule has 0 spiro atoms. The largest absolute Gasteiger partial charge is 0.496 e. The van der Waals surface area contributed by atoms with Crippen molar-refractivity contribution in [1.82, 2.24) is 0 Å². The Morgan fingerprint density at radius 2 is 2.22 bits per heavy atom. The van der Waals surface area contributed by atoms with Gasteiger partial charge in [-0.15, -0.1) is 0 Å². The lowest BCUT2D eigenvalue weighted by Crippen LogP contribution is -1.91. The molecule has 0 atom stereocenters. The summed E-state index contributed by atoms with van der Waals surface area (Å²) in [5.74, 6) is 0.747. The molecule has 0 saturated heterocycles. The van der Waals surface area contributed by atoms with Gasteiger partial charge < -0.3 is 9.15 Å². The molecule has 0 amide bonds. The number of benzene rings is 1. The van der Waals surface area contributed by atoms with E-state index in [1.165, 1.54) is 12.3 Å². The van der Waals surface area contributed by atoms with E-state index in [0.29, 0.717) is 16.5 Å². The van der Waals surface area contributed by atoms with Crippen molar-refractivity contribution in [3.63, 3.8) is 0 Å². The van der Waals surface area contributed by atoms with Crippen molar-refractivity contribution >= 4 is 23.5 Å². The molecule has 0 unspecified atom stereocenters. The summed E-state index contributed by atoms with van der Waals surface area (Å²) in [6.07, 6.45) is 4.53. The van der Waals surface area contributed by atoms with E-state index >= 15 is 0 Å². The third-order valence-corrected chi connectivity index (χ3v) is 2.61. The molecule has 0 N–H and O–H groups in total. The molecule has 0 fully saturated rings. The first kappa shape index (κ1) is 12.5. The number of hydrogen-bond donors (Lipinski definition) is 0. The summed E-state index contributed by atoms with van der Waals surface area (Å²) in [5, 5.41) is 0.584. The fourth-order valence-electron chi connectivity index (χ4n) is 1.50. The van der Waals surface area contributed by atoms with Gasteiger partial charge in [-0.2, -0.15) is 0 Å². The molecule has 18 heavy (non-hydrogen) atoms. The van der Waals surface area contributed by atoms with Gasteiger partial charge in [-0.05, 0) is 42.5 Å². The first-order valence-corrected chi connectivity index (χ1v) is 5.68. The van der Waals surface area contributed by atoms with Crippen LogP contribution in [-0.4, -0.2) is 12.9 Å². The minimum absolute atomic E-state index is 0.206. The quantitative estimate of drug-likeness (QED) is 0.621. The molecule has 1 aromatic carbocycles. The maximum Gasteiger partial charge on any atom is 0.221 e. The number of ketones is 1. The smallest absolute Gasteiger partial charge is 0.221 e. The van der Waals surface area contributed by atoms with E-state index in [1.807, 2.05) is 0 Å². The van der Waals surface area contributed by atoms with E-state index in [4.69, 9.17) is 20.8 Å². The lowest BCUT2D eigenvalue weighted by atomic mass is 10.1. The Labute approximate surface area is 110 Å². The van der Waals surface area contributed by atoms with Crippen LogP contribution in [0.5, 0.6) is 5.75 Å². The molecule has 3 nitrogen and oxygen atoms in total. The minimum atomic E-state index is -0.206. The highest BCUT2D eigenvalue weighted by atomic mass is 35.5. The van der Waals surface area contributed by atoms with Gasteiger partial charge in [0.25, 0.3) is 0 Å². The Morgan fingerprint density at radius 1 is 1.39 bits per heavy atom. The molecule has 0 radical (unpaired) electrons. The van der Waals surface area contributed by atoms with E-state index in [-0.39, 0.29) is 5.78 Å². The monoisotopic (exact) mass is 262 g/mol. The zero-order valence-electron chi connectivity index (χ0n) is 9.72. The zero-order chi connectivity index (χ0) is 13.0. The van der Waals surface area contributed by atoms with Gasteiger partial charge in [-0.25, -0.2) is 0 Å². The molecule has 1 heterocycles. The summed E-state index contributed by atoms with van der Waals surface area (Å²) in [6.45, 7) is 0. The van der Waals surface area contributed by atoms with Gasteiger partial charge in [-0.3, -0.25) is 4.79 Å². The Kier molecular flexibility index (Phi) is 3.85. The number of rotatable bonds is 4. The summed E-state index contributed by atoms with van der Waals surface area (Å²) < 4.78 is 10.2. The second-order valence-corrected chi connectivity index (χ2v) is 4.00. The highest BCUT2D eigenvalue weighted by Crippen LogP contribution is 2.24. The molecule has 0 saturated carbocycles. The van der Waals surface area contributed by atoms with Crippen LogP contribution < -0.4 is 4.74 Å². The van der Waals surface area contributed by atoms with Crippen molar-refractivity contribution in [3.05, 3.63) is 59.0 Å².